The quantitative estimate of drug-likeness (QED) is 0.468. The van der Waals surface area contributed by atoms with Crippen molar-refractivity contribution >= 4 is 32.7 Å². The fraction of sp³-hybridized carbons (Fsp3) is 0.0952. The highest BCUT2D eigenvalue weighted by atomic mass is 32.1. The van der Waals surface area contributed by atoms with E-state index in [9.17, 15) is 4.79 Å². The maximum absolute atomic E-state index is 12.9. The number of nitrogens with one attached hydrogen (secondary N) is 1. The zero-order valence-electron chi connectivity index (χ0n) is 14.7. The number of hydrogen-bond acceptors (Lipinski definition) is 5. The molecule has 27 heavy (non-hydrogen) atoms. The van der Waals surface area contributed by atoms with Crippen molar-refractivity contribution in [2.24, 2.45) is 0 Å². The number of fused-ring (bicyclic) bond motifs is 2. The number of rotatable bonds is 2. The lowest BCUT2D eigenvalue weighted by atomic mass is 10.0. The van der Waals surface area contributed by atoms with Crippen LogP contribution < -0.4 is 5.56 Å². The molecule has 2 aromatic carbocycles. The van der Waals surface area contributed by atoms with Gasteiger partial charge < -0.3 is 9.40 Å². The standard InChI is InChI=1S/C21H15N3O2S/c1-11-7-9-13(10-8-11)16-12(2)27-21-17(16)19(25)23-18(24-21)20-22-14-5-3-4-6-15(14)26-20/h3-10H,1-2H3,(H,23,24,25). The van der Waals surface area contributed by atoms with E-state index < -0.39 is 0 Å². The van der Waals surface area contributed by atoms with Crippen LogP contribution >= 0.6 is 11.3 Å². The normalized spacial score (nSPS) is 11.5. The molecule has 6 heteroatoms. The van der Waals surface area contributed by atoms with Crippen molar-refractivity contribution in [2.45, 2.75) is 13.8 Å². The Bertz CT molecular complexity index is 1330. The molecule has 3 aromatic heterocycles. The average molecular weight is 373 g/mol. The Morgan fingerprint density at radius 3 is 2.56 bits per heavy atom. The number of thiophene rings is 1. The van der Waals surface area contributed by atoms with Crippen LogP contribution in [0.1, 0.15) is 10.4 Å². The molecular weight excluding hydrogens is 358 g/mol. The van der Waals surface area contributed by atoms with Crippen molar-refractivity contribution in [3.63, 3.8) is 0 Å². The van der Waals surface area contributed by atoms with Gasteiger partial charge in [0.2, 0.25) is 0 Å². The number of oxazole rings is 1. The maximum Gasteiger partial charge on any atom is 0.264 e. The van der Waals surface area contributed by atoms with Gasteiger partial charge in [-0.1, -0.05) is 42.0 Å². The number of nitrogens with zero attached hydrogens (tertiary/aromatic N) is 2. The summed E-state index contributed by atoms with van der Waals surface area (Å²) >= 11 is 1.51. The Morgan fingerprint density at radius 2 is 1.78 bits per heavy atom. The Hall–Kier alpha value is -3.25. The molecule has 132 valence electrons. The van der Waals surface area contributed by atoms with Crippen LogP contribution in [0.4, 0.5) is 0 Å². The first kappa shape index (κ1) is 16.0. The fourth-order valence-electron chi connectivity index (χ4n) is 3.26. The molecule has 0 aliphatic rings. The third kappa shape index (κ3) is 2.57. The minimum Gasteiger partial charge on any atom is -0.434 e. The zero-order valence-corrected chi connectivity index (χ0v) is 15.6. The van der Waals surface area contributed by atoms with Crippen molar-refractivity contribution < 1.29 is 4.42 Å². The lowest BCUT2D eigenvalue weighted by molar-refractivity contribution is 0.613. The third-order valence-corrected chi connectivity index (χ3v) is 5.57. The van der Waals surface area contributed by atoms with Crippen LogP contribution in [0.3, 0.4) is 0 Å². The first-order chi connectivity index (χ1) is 13.1. The smallest absolute Gasteiger partial charge is 0.264 e. The predicted octanol–water partition coefficient (Wildman–Crippen LogP) is 5.08. The average Bonchev–Trinajstić information content (AvgIpc) is 3.23. The lowest BCUT2D eigenvalue weighted by Crippen LogP contribution is -2.09. The Labute approximate surface area is 158 Å². The molecule has 0 bridgehead atoms. The van der Waals surface area contributed by atoms with E-state index in [2.05, 4.69) is 15.0 Å². The van der Waals surface area contributed by atoms with Gasteiger partial charge in [0.05, 0.1) is 5.39 Å². The molecule has 0 unspecified atom stereocenters. The van der Waals surface area contributed by atoms with E-state index in [1.165, 1.54) is 16.9 Å². The van der Waals surface area contributed by atoms with Crippen molar-refractivity contribution in [1.82, 2.24) is 15.0 Å². The van der Waals surface area contributed by atoms with Crippen molar-refractivity contribution in [3.8, 4) is 22.8 Å². The molecule has 3 heterocycles. The van der Waals surface area contributed by atoms with Gasteiger partial charge in [-0.2, -0.15) is 0 Å². The SMILES string of the molecule is Cc1ccc(-c2c(C)sc3nc(-c4nc5ccccc5o4)[nH]c(=O)c23)cc1. The highest BCUT2D eigenvalue weighted by Crippen LogP contribution is 2.36. The highest BCUT2D eigenvalue weighted by Gasteiger charge is 2.19. The van der Waals surface area contributed by atoms with Gasteiger partial charge >= 0.3 is 0 Å². The molecule has 5 nitrogen and oxygen atoms in total. The van der Waals surface area contributed by atoms with Crippen molar-refractivity contribution in [3.05, 3.63) is 69.3 Å². The van der Waals surface area contributed by atoms with Gasteiger partial charge in [0.15, 0.2) is 11.4 Å². The summed E-state index contributed by atoms with van der Waals surface area (Å²) in [6.07, 6.45) is 0. The summed E-state index contributed by atoms with van der Waals surface area (Å²) in [6, 6.07) is 15.7. The second-order valence-corrected chi connectivity index (χ2v) is 7.68. The second kappa shape index (κ2) is 5.89. The second-order valence-electron chi connectivity index (χ2n) is 6.48. The van der Waals surface area contributed by atoms with Crippen molar-refractivity contribution in [1.29, 1.82) is 0 Å². The van der Waals surface area contributed by atoms with E-state index >= 15 is 0 Å². The van der Waals surface area contributed by atoms with E-state index in [0.717, 1.165) is 21.5 Å². The minimum absolute atomic E-state index is 0.183. The summed E-state index contributed by atoms with van der Waals surface area (Å²) in [5, 5.41) is 0.612. The topological polar surface area (TPSA) is 71.8 Å². The molecule has 0 aliphatic heterocycles. The van der Waals surface area contributed by atoms with Crippen LogP contribution in [-0.4, -0.2) is 15.0 Å². The minimum atomic E-state index is -0.183. The zero-order chi connectivity index (χ0) is 18.5. The molecule has 0 fully saturated rings. The summed E-state index contributed by atoms with van der Waals surface area (Å²) in [6.45, 7) is 4.06. The van der Waals surface area contributed by atoms with Crippen LogP contribution in [-0.2, 0) is 0 Å². The van der Waals surface area contributed by atoms with Crippen LogP contribution in [0.15, 0.2) is 57.7 Å². The van der Waals surface area contributed by atoms with E-state index in [1.54, 1.807) is 0 Å². The molecule has 5 rings (SSSR count). The van der Waals surface area contributed by atoms with Gasteiger partial charge in [0.25, 0.3) is 11.4 Å². The molecule has 0 saturated carbocycles. The van der Waals surface area contributed by atoms with Gasteiger partial charge in [-0.05, 0) is 31.5 Å². The molecule has 0 radical (unpaired) electrons. The summed E-state index contributed by atoms with van der Waals surface area (Å²) in [4.78, 5) is 26.6. The summed E-state index contributed by atoms with van der Waals surface area (Å²) in [7, 11) is 0. The largest absolute Gasteiger partial charge is 0.434 e. The van der Waals surface area contributed by atoms with Gasteiger partial charge in [-0.3, -0.25) is 4.79 Å². The van der Waals surface area contributed by atoms with E-state index in [0.29, 0.717) is 27.5 Å². The lowest BCUT2D eigenvalue weighted by Gasteiger charge is -2.02. The molecular formula is C21H15N3O2S. The Balaban J connectivity index is 1.72. The fourth-order valence-corrected chi connectivity index (χ4v) is 4.31. The Kier molecular flexibility index (Phi) is 3.48. The summed E-state index contributed by atoms with van der Waals surface area (Å²) in [5.41, 5.74) is 4.36. The first-order valence-electron chi connectivity index (χ1n) is 8.56. The van der Waals surface area contributed by atoms with Crippen LogP contribution in [0.2, 0.25) is 0 Å². The molecule has 5 aromatic rings. The maximum atomic E-state index is 12.9. The number of aromatic amines is 1. The van der Waals surface area contributed by atoms with Gasteiger partial charge in [-0.15, -0.1) is 11.3 Å². The highest BCUT2D eigenvalue weighted by molar-refractivity contribution is 7.19. The molecule has 0 amide bonds. The van der Waals surface area contributed by atoms with Gasteiger partial charge in [0.1, 0.15) is 10.3 Å². The predicted molar refractivity (Wildman–Crippen MR) is 108 cm³/mol. The van der Waals surface area contributed by atoms with Gasteiger partial charge in [0, 0.05) is 10.4 Å². The number of aromatic nitrogens is 3. The first-order valence-corrected chi connectivity index (χ1v) is 9.38. The Morgan fingerprint density at radius 1 is 1.00 bits per heavy atom. The van der Waals surface area contributed by atoms with E-state index in [1.807, 2.05) is 62.4 Å². The van der Waals surface area contributed by atoms with Crippen LogP contribution in [0, 0.1) is 13.8 Å². The third-order valence-electron chi connectivity index (χ3n) is 4.57. The number of H-pyrrole nitrogens is 1. The van der Waals surface area contributed by atoms with E-state index in [-0.39, 0.29) is 5.56 Å². The summed E-state index contributed by atoms with van der Waals surface area (Å²) in [5.74, 6) is 0.665. The van der Waals surface area contributed by atoms with Crippen LogP contribution in [0.25, 0.3) is 44.2 Å². The molecule has 0 spiro atoms. The number of hydrogen-bond donors (Lipinski definition) is 1. The van der Waals surface area contributed by atoms with Gasteiger partial charge in [-0.25, -0.2) is 9.97 Å². The molecule has 0 atom stereocenters. The van der Waals surface area contributed by atoms with Crippen LogP contribution in [0.5, 0.6) is 0 Å². The number of para-hydroxylation sites is 2. The summed E-state index contributed by atoms with van der Waals surface area (Å²) < 4.78 is 5.75. The molecule has 0 aliphatic carbocycles. The van der Waals surface area contributed by atoms with Crippen molar-refractivity contribution in [2.75, 3.05) is 0 Å². The number of aryl methyl sites for hydroxylation is 2. The number of benzene rings is 2. The molecule has 0 saturated heterocycles. The molecule has 1 N–H and O–H groups in total. The van der Waals surface area contributed by atoms with E-state index in [4.69, 9.17) is 4.42 Å². The monoisotopic (exact) mass is 373 g/mol.